The van der Waals surface area contributed by atoms with Crippen LogP contribution in [0.5, 0.6) is 0 Å². The first-order valence-corrected chi connectivity index (χ1v) is 4.60. The van der Waals surface area contributed by atoms with Crippen LogP contribution in [0.15, 0.2) is 0 Å². The zero-order valence-electron chi connectivity index (χ0n) is 7.18. The summed E-state index contributed by atoms with van der Waals surface area (Å²) in [6, 6.07) is 0. The van der Waals surface area contributed by atoms with Crippen LogP contribution in [0.1, 0.15) is 32.6 Å². The van der Waals surface area contributed by atoms with Crippen molar-refractivity contribution < 1.29 is 4.74 Å². The summed E-state index contributed by atoms with van der Waals surface area (Å²) in [5, 5.41) is 0. The lowest BCUT2D eigenvalue weighted by molar-refractivity contribution is 0.101. The van der Waals surface area contributed by atoms with E-state index in [1.54, 1.807) is 0 Å². The van der Waals surface area contributed by atoms with Gasteiger partial charge in [-0.1, -0.05) is 0 Å². The lowest BCUT2D eigenvalue weighted by atomic mass is 9.93. The van der Waals surface area contributed by atoms with Crippen molar-refractivity contribution in [2.24, 2.45) is 11.7 Å². The van der Waals surface area contributed by atoms with Gasteiger partial charge in [0.15, 0.2) is 0 Å². The lowest BCUT2D eigenvalue weighted by Crippen LogP contribution is -2.27. The highest BCUT2D eigenvalue weighted by molar-refractivity contribution is 5.01. The Bertz CT molecular complexity index is 154. The number of ether oxygens (including phenoxy) is 1. The summed E-state index contributed by atoms with van der Waals surface area (Å²) in [4.78, 5) is 0. The molecule has 0 aromatic carbocycles. The highest BCUT2D eigenvalue weighted by Crippen LogP contribution is 2.41. The second-order valence-electron chi connectivity index (χ2n) is 4.19. The van der Waals surface area contributed by atoms with Crippen LogP contribution in [0.2, 0.25) is 0 Å². The van der Waals surface area contributed by atoms with Gasteiger partial charge in [0.1, 0.15) is 0 Å². The summed E-state index contributed by atoms with van der Waals surface area (Å²) >= 11 is 0. The van der Waals surface area contributed by atoms with Crippen molar-refractivity contribution in [2.75, 3.05) is 6.61 Å². The molecule has 2 nitrogen and oxygen atoms in total. The van der Waals surface area contributed by atoms with E-state index >= 15 is 0 Å². The second kappa shape index (κ2) is 2.46. The summed E-state index contributed by atoms with van der Waals surface area (Å²) in [7, 11) is 0. The highest BCUT2D eigenvalue weighted by atomic mass is 16.5. The van der Waals surface area contributed by atoms with Gasteiger partial charge in [0.05, 0.1) is 6.10 Å². The molecule has 0 aromatic rings. The smallest absolute Gasteiger partial charge is 0.0576 e. The van der Waals surface area contributed by atoms with Gasteiger partial charge in [-0.05, 0) is 38.5 Å². The summed E-state index contributed by atoms with van der Waals surface area (Å²) in [5.41, 5.74) is 6.25. The molecule has 1 aliphatic carbocycles. The van der Waals surface area contributed by atoms with E-state index in [0.29, 0.717) is 6.10 Å². The molecule has 2 N–H and O–H groups in total. The number of rotatable bonds is 2. The van der Waals surface area contributed by atoms with Crippen molar-refractivity contribution >= 4 is 0 Å². The maximum absolute atomic E-state index is 6.03. The van der Waals surface area contributed by atoms with Crippen molar-refractivity contribution in [2.45, 2.75) is 44.2 Å². The van der Waals surface area contributed by atoms with Gasteiger partial charge in [0.25, 0.3) is 0 Å². The summed E-state index contributed by atoms with van der Waals surface area (Å²) in [6.45, 7) is 3.12. The van der Waals surface area contributed by atoms with Crippen LogP contribution in [0.4, 0.5) is 0 Å². The molecule has 0 aromatic heterocycles. The molecule has 1 saturated heterocycles. The Morgan fingerprint density at radius 2 is 2.27 bits per heavy atom. The molecule has 0 amide bonds. The monoisotopic (exact) mass is 155 g/mol. The van der Waals surface area contributed by atoms with Crippen molar-refractivity contribution in [1.82, 2.24) is 0 Å². The average molecular weight is 155 g/mol. The van der Waals surface area contributed by atoms with Crippen molar-refractivity contribution in [3.63, 3.8) is 0 Å². The minimum atomic E-state index is 0.215. The Hall–Kier alpha value is -0.0800. The molecular weight excluding hydrogens is 138 g/mol. The van der Waals surface area contributed by atoms with E-state index in [9.17, 15) is 0 Å². The van der Waals surface area contributed by atoms with E-state index in [0.717, 1.165) is 12.5 Å². The first kappa shape index (κ1) is 7.56. The molecule has 2 rings (SSSR count). The molecule has 0 radical (unpaired) electrons. The topological polar surface area (TPSA) is 35.2 Å². The molecule has 2 heteroatoms. The van der Waals surface area contributed by atoms with E-state index in [2.05, 4.69) is 6.92 Å². The Labute approximate surface area is 68.1 Å². The number of nitrogens with two attached hydrogens (primary N) is 1. The molecule has 2 unspecified atom stereocenters. The minimum Gasteiger partial charge on any atom is -0.378 e. The summed E-state index contributed by atoms with van der Waals surface area (Å²) in [5.74, 6) is 0.738. The summed E-state index contributed by atoms with van der Waals surface area (Å²) < 4.78 is 5.48. The van der Waals surface area contributed by atoms with Crippen molar-refractivity contribution in [3.05, 3.63) is 0 Å². The quantitative estimate of drug-likeness (QED) is 0.652. The zero-order chi connectivity index (χ0) is 7.90. The molecule has 1 saturated carbocycles. The van der Waals surface area contributed by atoms with Crippen LogP contribution in [0.3, 0.4) is 0 Å². The first-order valence-electron chi connectivity index (χ1n) is 4.60. The molecule has 11 heavy (non-hydrogen) atoms. The van der Waals surface area contributed by atoms with Crippen LogP contribution >= 0.6 is 0 Å². The molecule has 1 heterocycles. The Morgan fingerprint density at radius 3 is 2.73 bits per heavy atom. The van der Waals surface area contributed by atoms with Crippen LogP contribution in [-0.2, 0) is 4.74 Å². The van der Waals surface area contributed by atoms with Gasteiger partial charge in [-0.2, -0.15) is 0 Å². The van der Waals surface area contributed by atoms with Gasteiger partial charge < -0.3 is 10.5 Å². The maximum atomic E-state index is 6.03. The van der Waals surface area contributed by atoms with E-state index in [4.69, 9.17) is 10.5 Å². The van der Waals surface area contributed by atoms with E-state index in [-0.39, 0.29) is 5.54 Å². The van der Waals surface area contributed by atoms with Crippen molar-refractivity contribution in [1.29, 1.82) is 0 Å². The minimum absolute atomic E-state index is 0.215. The van der Waals surface area contributed by atoms with E-state index in [1.165, 1.54) is 25.7 Å². The predicted octanol–water partition coefficient (Wildman–Crippen LogP) is 1.29. The first-order chi connectivity index (χ1) is 5.20. The van der Waals surface area contributed by atoms with Gasteiger partial charge in [0.2, 0.25) is 0 Å². The molecule has 1 aliphatic heterocycles. The third kappa shape index (κ3) is 1.57. The Morgan fingerprint density at radius 1 is 1.55 bits per heavy atom. The Balaban J connectivity index is 1.85. The standard InChI is InChI=1S/C9H17NO/c1-7-8(2-5-11-7)6-9(10)3-4-9/h7-8H,2-6,10H2,1H3. The highest BCUT2D eigenvalue weighted by Gasteiger charge is 2.42. The summed E-state index contributed by atoms with van der Waals surface area (Å²) in [6.07, 6.45) is 5.33. The van der Waals surface area contributed by atoms with E-state index in [1.807, 2.05) is 0 Å². The third-order valence-electron chi connectivity index (χ3n) is 3.09. The third-order valence-corrected chi connectivity index (χ3v) is 3.09. The fourth-order valence-corrected chi connectivity index (χ4v) is 1.93. The van der Waals surface area contributed by atoms with E-state index < -0.39 is 0 Å². The fraction of sp³-hybridized carbons (Fsp3) is 1.00. The molecule has 0 bridgehead atoms. The zero-order valence-corrected chi connectivity index (χ0v) is 7.18. The van der Waals surface area contributed by atoms with Crippen molar-refractivity contribution in [3.8, 4) is 0 Å². The van der Waals surface area contributed by atoms with Gasteiger partial charge >= 0.3 is 0 Å². The molecule has 64 valence electrons. The van der Waals surface area contributed by atoms with Gasteiger partial charge in [0, 0.05) is 12.1 Å². The van der Waals surface area contributed by atoms with Crippen LogP contribution < -0.4 is 5.73 Å². The van der Waals surface area contributed by atoms with Gasteiger partial charge in [-0.3, -0.25) is 0 Å². The molecule has 0 spiro atoms. The largest absolute Gasteiger partial charge is 0.378 e. The Kier molecular flexibility index (Phi) is 1.69. The molecule has 2 fully saturated rings. The van der Waals surface area contributed by atoms with Gasteiger partial charge in [-0.15, -0.1) is 0 Å². The normalized spacial score (nSPS) is 40.9. The molecule has 2 aliphatic rings. The molecular formula is C9H17NO. The lowest BCUT2D eigenvalue weighted by Gasteiger charge is -2.17. The molecule has 2 atom stereocenters. The average Bonchev–Trinajstić information content (AvgIpc) is 2.54. The van der Waals surface area contributed by atoms with Crippen LogP contribution in [-0.4, -0.2) is 18.2 Å². The fourth-order valence-electron chi connectivity index (χ4n) is 1.93. The van der Waals surface area contributed by atoms with Crippen LogP contribution in [0, 0.1) is 5.92 Å². The maximum Gasteiger partial charge on any atom is 0.0576 e. The predicted molar refractivity (Wildman–Crippen MR) is 44.3 cm³/mol. The number of hydrogen-bond acceptors (Lipinski definition) is 2. The second-order valence-corrected chi connectivity index (χ2v) is 4.19. The SMILES string of the molecule is CC1OCCC1CC1(N)CC1. The van der Waals surface area contributed by atoms with Crippen LogP contribution in [0.25, 0.3) is 0 Å². The van der Waals surface area contributed by atoms with Gasteiger partial charge in [-0.25, -0.2) is 0 Å². The number of hydrogen-bond donors (Lipinski definition) is 1.